The van der Waals surface area contributed by atoms with E-state index in [4.69, 9.17) is 10.7 Å². The van der Waals surface area contributed by atoms with Crippen LogP contribution < -0.4 is 16.5 Å². The predicted octanol–water partition coefficient (Wildman–Crippen LogP) is 4.37. The first-order valence-electron chi connectivity index (χ1n) is 10.4. The van der Waals surface area contributed by atoms with Gasteiger partial charge in [-0.25, -0.2) is 9.97 Å². The SMILES string of the molecule is Nc1ccc(-c2[nH+]ccc3nc(-c4ccc(C[NH3+])cc4)c(-c4ccccc4)cc23)cc1. The smallest absolute Gasteiger partial charge is 0.220 e. The number of nitrogens with zero attached hydrogens (tertiary/aromatic N) is 1. The highest BCUT2D eigenvalue weighted by Gasteiger charge is 2.17. The second-order valence-electron chi connectivity index (χ2n) is 7.60. The van der Waals surface area contributed by atoms with Crippen molar-refractivity contribution in [2.24, 2.45) is 0 Å². The first kappa shape index (κ1) is 19.0. The Labute approximate surface area is 181 Å². The minimum absolute atomic E-state index is 0.750. The lowest BCUT2D eigenvalue weighted by Crippen LogP contribution is -2.47. The molecule has 0 saturated carbocycles. The number of hydrogen-bond donors (Lipinski definition) is 2. The van der Waals surface area contributed by atoms with Gasteiger partial charge in [0.2, 0.25) is 5.69 Å². The number of fused-ring (bicyclic) bond motifs is 1. The molecule has 2 heterocycles. The third-order valence-electron chi connectivity index (χ3n) is 5.59. The van der Waals surface area contributed by atoms with Gasteiger partial charge in [-0.1, -0.05) is 54.6 Å². The van der Waals surface area contributed by atoms with E-state index in [1.165, 1.54) is 5.56 Å². The molecule has 0 aliphatic carbocycles. The largest absolute Gasteiger partial charge is 0.399 e. The van der Waals surface area contributed by atoms with Crippen molar-refractivity contribution in [1.29, 1.82) is 0 Å². The second-order valence-corrected chi connectivity index (χ2v) is 7.60. The fraction of sp³-hybridized carbons (Fsp3) is 0.0370. The molecule has 0 radical (unpaired) electrons. The number of hydrogen-bond acceptors (Lipinski definition) is 2. The Bertz CT molecular complexity index is 1340. The summed E-state index contributed by atoms with van der Waals surface area (Å²) in [4.78, 5) is 8.53. The Morgan fingerprint density at radius 2 is 1.48 bits per heavy atom. The van der Waals surface area contributed by atoms with Gasteiger partial charge in [0, 0.05) is 34.0 Å². The van der Waals surface area contributed by atoms with E-state index < -0.39 is 0 Å². The predicted molar refractivity (Wildman–Crippen MR) is 126 cm³/mol. The molecule has 0 aliphatic heterocycles. The van der Waals surface area contributed by atoms with E-state index in [9.17, 15) is 0 Å². The van der Waals surface area contributed by atoms with E-state index in [1.54, 1.807) is 0 Å². The average Bonchev–Trinajstić information content (AvgIpc) is 2.84. The lowest BCUT2D eigenvalue weighted by molar-refractivity contribution is -0.386. The monoisotopic (exact) mass is 404 g/mol. The number of benzene rings is 3. The van der Waals surface area contributed by atoms with Crippen LogP contribution in [0, 0.1) is 0 Å². The number of rotatable bonds is 4. The Hall–Kier alpha value is -4.02. The molecule has 4 heteroatoms. The maximum Gasteiger partial charge on any atom is 0.220 e. The Morgan fingerprint density at radius 3 is 2.19 bits per heavy atom. The average molecular weight is 405 g/mol. The van der Waals surface area contributed by atoms with E-state index in [0.29, 0.717) is 0 Å². The highest BCUT2D eigenvalue weighted by molar-refractivity contribution is 5.97. The molecule has 0 amide bonds. The van der Waals surface area contributed by atoms with Crippen molar-refractivity contribution >= 4 is 16.6 Å². The van der Waals surface area contributed by atoms with Crippen molar-refractivity contribution in [1.82, 2.24) is 4.98 Å². The Morgan fingerprint density at radius 1 is 0.774 bits per heavy atom. The number of nitrogens with one attached hydrogen (secondary N) is 1. The topological polar surface area (TPSA) is 80.7 Å². The molecular weight excluding hydrogens is 380 g/mol. The van der Waals surface area contributed by atoms with Crippen molar-refractivity contribution in [3.63, 3.8) is 0 Å². The maximum atomic E-state index is 5.90. The first-order valence-corrected chi connectivity index (χ1v) is 10.4. The van der Waals surface area contributed by atoms with Gasteiger partial charge in [0.15, 0.2) is 6.20 Å². The number of anilines is 1. The quantitative estimate of drug-likeness (QED) is 0.436. The maximum absolute atomic E-state index is 5.90. The van der Waals surface area contributed by atoms with Crippen molar-refractivity contribution in [2.75, 3.05) is 5.73 Å². The molecule has 3 aromatic carbocycles. The molecule has 0 spiro atoms. The fourth-order valence-electron chi connectivity index (χ4n) is 3.91. The van der Waals surface area contributed by atoms with Crippen LogP contribution in [0.2, 0.25) is 0 Å². The highest BCUT2D eigenvalue weighted by atomic mass is 14.7. The molecule has 5 rings (SSSR count). The van der Waals surface area contributed by atoms with Crippen LogP contribution in [0.5, 0.6) is 0 Å². The molecule has 5 aromatic rings. The van der Waals surface area contributed by atoms with Gasteiger partial charge in [-0.2, -0.15) is 0 Å². The molecule has 0 fully saturated rings. The van der Waals surface area contributed by atoms with E-state index in [2.05, 4.69) is 65.3 Å². The standard InChI is InChI=1S/C27H22N4/c28-17-18-6-8-21(9-7-18)27-23(19-4-2-1-3-5-19)16-24-25(31-27)14-15-30-26(24)20-10-12-22(29)13-11-20/h1-16H,17,28-29H2/p+2. The van der Waals surface area contributed by atoms with Gasteiger partial charge in [-0.05, 0) is 35.9 Å². The van der Waals surface area contributed by atoms with E-state index in [0.717, 1.165) is 56.8 Å². The molecule has 4 nitrogen and oxygen atoms in total. The number of aromatic nitrogens is 2. The zero-order valence-corrected chi connectivity index (χ0v) is 17.2. The minimum Gasteiger partial charge on any atom is -0.399 e. The summed E-state index contributed by atoms with van der Waals surface area (Å²) in [7, 11) is 0. The molecule has 6 N–H and O–H groups in total. The molecule has 0 saturated heterocycles. The van der Waals surface area contributed by atoms with Crippen LogP contribution >= 0.6 is 0 Å². The normalized spacial score (nSPS) is 11.0. The number of aromatic amines is 1. The molecule has 0 aliphatic rings. The summed E-state index contributed by atoms with van der Waals surface area (Å²) in [5.74, 6) is 0. The van der Waals surface area contributed by atoms with E-state index in [1.807, 2.05) is 42.6 Å². The number of H-pyrrole nitrogens is 1. The van der Waals surface area contributed by atoms with E-state index in [-0.39, 0.29) is 0 Å². The molecule has 0 unspecified atom stereocenters. The fourth-order valence-corrected chi connectivity index (χ4v) is 3.91. The summed E-state index contributed by atoms with van der Waals surface area (Å²) in [6, 6.07) is 31.1. The van der Waals surface area contributed by atoms with Gasteiger partial charge >= 0.3 is 0 Å². The number of pyridine rings is 2. The number of quaternary nitrogens is 1. The number of nitrogen functional groups attached to an aromatic ring is 1. The van der Waals surface area contributed by atoms with Crippen molar-refractivity contribution < 1.29 is 10.7 Å². The van der Waals surface area contributed by atoms with Gasteiger partial charge in [0.25, 0.3) is 0 Å². The third kappa shape index (κ3) is 3.65. The Kier molecular flexibility index (Phi) is 4.90. The van der Waals surface area contributed by atoms with Crippen molar-refractivity contribution in [2.45, 2.75) is 6.54 Å². The minimum atomic E-state index is 0.750. The summed E-state index contributed by atoms with van der Waals surface area (Å²) in [6.45, 7) is 0.776. The highest BCUT2D eigenvalue weighted by Crippen LogP contribution is 2.35. The van der Waals surface area contributed by atoms with Crippen LogP contribution in [0.3, 0.4) is 0 Å². The summed E-state index contributed by atoms with van der Waals surface area (Å²) in [5.41, 5.74) is 19.2. The zero-order chi connectivity index (χ0) is 21.2. The van der Waals surface area contributed by atoms with Crippen LogP contribution in [0.4, 0.5) is 5.69 Å². The zero-order valence-electron chi connectivity index (χ0n) is 17.2. The molecule has 2 aromatic heterocycles. The Balaban J connectivity index is 1.77. The van der Waals surface area contributed by atoms with Crippen LogP contribution in [-0.4, -0.2) is 4.98 Å². The third-order valence-corrected chi connectivity index (χ3v) is 5.59. The van der Waals surface area contributed by atoms with Crippen LogP contribution in [0.1, 0.15) is 5.56 Å². The molecular formula is C27H24N4+2. The molecule has 150 valence electrons. The summed E-state index contributed by atoms with van der Waals surface area (Å²) in [6.07, 6.45) is 1.94. The van der Waals surface area contributed by atoms with Crippen molar-refractivity contribution in [3.8, 4) is 33.6 Å². The van der Waals surface area contributed by atoms with Crippen LogP contribution in [-0.2, 0) is 6.54 Å². The summed E-state index contributed by atoms with van der Waals surface area (Å²) >= 11 is 0. The molecule has 0 atom stereocenters. The van der Waals surface area contributed by atoms with Crippen LogP contribution in [0.25, 0.3) is 44.5 Å². The first-order chi connectivity index (χ1) is 15.2. The second kappa shape index (κ2) is 8.01. The van der Waals surface area contributed by atoms with Gasteiger partial charge < -0.3 is 11.5 Å². The van der Waals surface area contributed by atoms with Gasteiger partial charge in [0.05, 0.1) is 23.1 Å². The summed E-state index contributed by atoms with van der Waals surface area (Å²) < 4.78 is 0. The van der Waals surface area contributed by atoms with Crippen molar-refractivity contribution in [3.05, 3.63) is 103 Å². The molecule has 31 heavy (non-hydrogen) atoms. The lowest BCUT2D eigenvalue weighted by Gasteiger charge is -2.12. The lowest BCUT2D eigenvalue weighted by atomic mass is 9.95. The summed E-state index contributed by atoms with van der Waals surface area (Å²) in [5, 5.41) is 1.07. The van der Waals surface area contributed by atoms with Gasteiger partial charge in [-0.15, -0.1) is 0 Å². The van der Waals surface area contributed by atoms with Crippen LogP contribution in [0.15, 0.2) is 97.2 Å². The van der Waals surface area contributed by atoms with E-state index >= 15 is 0 Å². The van der Waals surface area contributed by atoms with Gasteiger partial charge in [-0.3, -0.25) is 0 Å². The number of nitrogens with two attached hydrogens (primary N) is 1. The molecule has 0 bridgehead atoms. The van der Waals surface area contributed by atoms with Gasteiger partial charge in [0.1, 0.15) is 0 Å².